The van der Waals surface area contributed by atoms with Gasteiger partial charge in [0.1, 0.15) is 5.60 Å². The zero-order valence-corrected chi connectivity index (χ0v) is 24.4. The first kappa shape index (κ1) is 29.0. The summed E-state index contributed by atoms with van der Waals surface area (Å²) in [6.07, 6.45) is 8.68. The van der Waals surface area contributed by atoms with Crippen LogP contribution in [0.1, 0.15) is 92.4 Å². The number of carbonyl (C=O) groups excluding carboxylic acids is 1. The third kappa shape index (κ3) is 3.56. The van der Waals surface area contributed by atoms with Crippen molar-refractivity contribution in [2.75, 3.05) is 7.11 Å². The van der Waals surface area contributed by atoms with Gasteiger partial charge in [0.2, 0.25) is 0 Å². The summed E-state index contributed by atoms with van der Waals surface area (Å²) in [6, 6.07) is 0. The molecule has 5 rings (SSSR count). The minimum Gasteiger partial charge on any atom is -0.481 e. The van der Waals surface area contributed by atoms with E-state index < -0.39 is 40.5 Å². The molecule has 5 aliphatic carbocycles. The highest BCUT2D eigenvalue weighted by Gasteiger charge is 2.85. The van der Waals surface area contributed by atoms with E-state index >= 15 is 0 Å². The Balaban J connectivity index is 1.46. The highest BCUT2D eigenvalue weighted by molar-refractivity contribution is 5.78. The van der Waals surface area contributed by atoms with E-state index in [1.54, 1.807) is 19.9 Å². The molecule has 39 heavy (non-hydrogen) atoms. The summed E-state index contributed by atoms with van der Waals surface area (Å²) >= 11 is 0. The monoisotopic (exact) mass is 548 g/mol. The predicted molar refractivity (Wildman–Crippen MR) is 143 cm³/mol. The third-order valence-electron chi connectivity index (χ3n) is 13.4. The van der Waals surface area contributed by atoms with Crippen molar-refractivity contribution in [1.82, 2.24) is 0 Å². The number of aliphatic hydroxyl groups is 2. The molecule has 11 atom stereocenters. The Hall–Kier alpha value is -1.48. The molecule has 0 aromatic heterocycles. The van der Waals surface area contributed by atoms with Gasteiger partial charge in [0.15, 0.2) is 0 Å². The van der Waals surface area contributed by atoms with E-state index in [-0.39, 0.29) is 40.5 Å². The Morgan fingerprint density at radius 3 is 2.28 bits per heavy atom. The topological polar surface area (TPSA) is 134 Å². The number of allylic oxidation sites excluding steroid dienone is 1. The smallest absolute Gasteiger partial charge is 0.314 e. The van der Waals surface area contributed by atoms with Gasteiger partial charge in [0, 0.05) is 11.8 Å². The highest BCUT2D eigenvalue weighted by atomic mass is 17.1. The molecule has 5 aliphatic rings. The molecule has 4 N–H and O–H groups in total. The summed E-state index contributed by atoms with van der Waals surface area (Å²) in [5, 5.41) is 42.0. The van der Waals surface area contributed by atoms with Crippen molar-refractivity contribution in [3.63, 3.8) is 0 Å². The summed E-state index contributed by atoms with van der Waals surface area (Å²) in [6.45, 7) is 9.95. The van der Waals surface area contributed by atoms with Crippen LogP contribution in [-0.4, -0.2) is 57.4 Å². The van der Waals surface area contributed by atoms with E-state index in [1.165, 1.54) is 7.11 Å². The average Bonchev–Trinajstić information content (AvgIpc) is 3.50. The maximum Gasteiger partial charge on any atom is 0.314 e. The summed E-state index contributed by atoms with van der Waals surface area (Å²) in [5.41, 5.74) is -2.63. The molecule has 0 radical (unpaired) electrons. The molecule has 5 fully saturated rings. The lowest BCUT2D eigenvalue weighted by Crippen LogP contribution is -2.63. The van der Waals surface area contributed by atoms with Gasteiger partial charge >= 0.3 is 11.9 Å². The first-order chi connectivity index (χ1) is 18.1. The minimum atomic E-state index is -1.03. The Labute approximate surface area is 232 Å². The van der Waals surface area contributed by atoms with Crippen molar-refractivity contribution < 1.29 is 39.8 Å². The van der Waals surface area contributed by atoms with Gasteiger partial charge in [-0.15, -0.1) is 0 Å². The van der Waals surface area contributed by atoms with E-state index in [4.69, 9.17) is 9.99 Å². The van der Waals surface area contributed by atoms with Crippen LogP contribution in [0.4, 0.5) is 0 Å². The van der Waals surface area contributed by atoms with Gasteiger partial charge in [0.05, 0.1) is 30.7 Å². The standard InChI is InChI=1S/C31H48O8/c1-26(2,39-37)12-7-8-18(24(34)35)19-11-13-28(4)20-9-10-21-29(5,25(36)38-6)22(32)16-23(33)31(21)17-30(20,31)15-14-27(19,28)3/h7,12,18-23,32-33,37H,8-11,13-17H2,1-6H3,(H,34,35)/b12-7+/t18-,19-,20+,21+,22+,23+,27-,28+,29+,30+,31-/m1/s1. The van der Waals surface area contributed by atoms with E-state index in [0.717, 1.165) is 44.9 Å². The number of rotatable bonds is 7. The second-order valence-corrected chi connectivity index (χ2v) is 14.9. The van der Waals surface area contributed by atoms with Crippen LogP contribution in [0.2, 0.25) is 0 Å². The molecule has 220 valence electrons. The lowest BCUT2D eigenvalue weighted by molar-refractivity contribution is -0.297. The summed E-state index contributed by atoms with van der Waals surface area (Å²) < 4.78 is 5.21. The molecule has 0 unspecified atom stereocenters. The van der Waals surface area contributed by atoms with Crippen molar-refractivity contribution in [3.05, 3.63) is 12.2 Å². The molecule has 8 nitrogen and oxygen atoms in total. The molecule has 0 aromatic carbocycles. The molecule has 0 aliphatic heterocycles. The van der Waals surface area contributed by atoms with Gasteiger partial charge in [-0.3, -0.25) is 14.8 Å². The summed E-state index contributed by atoms with van der Waals surface area (Å²) in [5.74, 6) is -1.47. The van der Waals surface area contributed by atoms with Crippen molar-refractivity contribution in [2.45, 2.75) is 110 Å². The zero-order chi connectivity index (χ0) is 28.8. The molecule has 8 heteroatoms. The Morgan fingerprint density at radius 1 is 1.00 bits per heavy atom. The lowest BCUT2D eigenvalue weighted by atomic mass is 9.41. The Kier molecular flexibility index (Phi) is 6.70. The van der Waals surface area contributed by atoms with Crippen LogP contribution in [0, 0.1) is 50.7 Å². The van der Waals surface area contributed by atoms with Gasteiger partial charge in [-0.25, -0.2) is 4.89 Å². The van der Waals surface area contributed by atoms with Gasteiger partial charge in [0.25, 0.3) is 0 Å². The molecule has 2 spiro atoms. The van der Waals surface area contributed by atoms with Gasteiger partial charge in [-0.05, 0) is 106 Å². The fourth-order valence-corrected chi connectivity index (χ4v) is 11.2. The van der Waals surface area contributed by atoms with Crippen molar-refractivity contribution in [2.24, 2.45) is 50.7 Å². The molecule has 0 saturated heterocycles. The SMILES string of the molecule is COC(=O)[C@]1(C)[C@@H](O)C[C@H](O)[C@]23C[C@]24CC[C@]2(C)[C@@H]([C@@H](C/C=C/C(C)(C)OO)C(=O)O)CC[C@@]2(C)[C@@H]4CC[C@@H]13. The fraction of sp³-hybridized carbons (Fsp3) is 0.871. The number of ether oxygens (including phenoxy) is 1. The number of fused-ring (bicyclic) bond motifs is 2. The highest BCUT2D eigenvalue weighted by Crippen LogP contribution is 2.89. The number of carboxylic acid groups (broad SMARTS) is 1. The third-order valence-corrected chi connectivity index (χ3v) is 13.4. The maximum absolute atomic E-state index is 13.1. The number of hydrogen-bond acceptors (Lipinski definition) is 7. The van der Waals surface area contributed by atoms with Gasteiger partial charge in [-0.2, -0.15) is 0 Å². The molecule has 5 saturated carbocycles. The second kappa shape index (κ2) is 9.01. The van der Waals surface area contributed by atoms with Gasteiger partial charge < -0.3 is 20.1 Å². The number of aliphatic hydroxyl groups excluding tert-OH is 2. The van der Waals surface area contributed by atoms with Gasteiger partial charge in [-0.1, -0.05) is 26.0 Å². The number of aliphatic carboxylic acids is 1. The Morgan fingerprint density at radius 2 is 1.67 bits per heavy atom. The molecule has 0 amide bonds. The number of esters is 1. The van der Waals surface area contributed by atoms with Crippen molar-refractivity contribution in [3.8, 4) is 0 Å². The van der Waals surface area contributed by atoms with Crippen molar-refractivity contribution >= 4 is 11.9 Å². The largest absolute Gasteiger partial charge is 0.481 e. The van der Waals surface area contributed by atoms with Crippen LogP contribution >= 0.6 is 0 Å². The molecule has 0 bridgehead atoms. The number of carbonyl (C=O) groups is 2. The number of methoxy groups -OCH3 is 1. The minimum absolute atomic E-state index is 0.0195. The Bertz CT molecular complexity index is 1060. The predicted octanol–water partition coefficient (Wildman–Crippen LogP) is 4.83. The normalized spacial score (nSPS) is 49.4. The van der Waals surface area contributed by atoms with Crippen molar-refractivity contribution in [1.29, 1.82) is 0 Å². The average molecular weight is 549 g/mol. The van der Waals surface area contributed by atoms with E-state index in [0.29, 0.717) is 12.3 Å². The van der Waals surface area contributed by atoms with Crippen LogP contribution in [-0.2, 0) is 19.2 Å². The molecule has 0 aromatic rings. The second-order valence-electron chi connectivity index (χ2n) is 14.9. The van der Waals surface area contributed by atoms with E-state index in [2.05, 4.69) is 18.7 Å². The maximum atomic E-state index is 13.1. The first-order valence-electron chi connectivity index (χ1n) is 14.8. The quantitative estimate of drug-likeness (QED) is 0.154. The zero-order valence-electron chi connectivity index (χ0n) is 24.4. The molecular formula is C31H48O8. The first-order valence-corrected chi connectivity index (χ1v) is 14.8. The summed E-state index contributed by atoms with van der Waals surface area (Å²) in [4.78, 5) is 30.2. The van der Waals surface area contributed by atoms with Crippen LogP contribution in [0.3, 0.4) is 0 Å². The molecule has 0 heterocycles. The van der Waals surface area contributed by atoms with Crippen LogP contribution in [0.5, 0.6) is 0 Å². The molecular weight excluding hydrogens is 500 g/mol. The summed E-state index contributed by atoms with van der Waals surface area (Å²) in [7, 11) is 1.38. The van der Waals surface area contributed by atoms with Crippen LogP contribution in [0.25, 0.3) is 0 Å². The number of hydrogen-bond donors (Lipinski definition) is 4. The van der Waals surface area contributed by atoms with E-state index in [9.17, 15) is 24.9 Å². The fourth-order valence-electron chi connectivity index (χ4n) is 11.2. The number of carboxylic acids is 1. The van der Waals surface area contributed by atoms with E-state index in [1.807, 2.05) is 13.0 Å². The van der Waals surface area contributed by atoms with Crippen LogP contribution < -0.4 is 0 Å². The lowest BCUT2D eigenvalue weighted by Gasteiger charge is -2.63. The van der Waals surface area contributed by atoms with Crippen LogP contribution in [0.15, 0.2) is 12.2 Å².